The third-order valence-electron chi connectivity index (χ3n) is 1.37. The highest BCUT2D eigenvalue weighted by atomic mass is 16.1. The zero-order valence-electron chi connectivity index (χ0n) is 7.85. The molecule has 0 aliphatic carbocycles. The van der Waals surface area contributed by atoms with Crippen molar-refractivity contribution in [2.75, 3.05) is 20.6 Å². The average molecular weight is 158 g/mol. The van der Waals surface area contributed by atoms with E-state index in [1.54, 1.807) is 0 Å². The van der Waals surface area contributed by atoms with Gasteiger partial charge in [0.1, 0.15) is 0 Å². The van der Waals surface area contributed by atoms with Crippen LogP contribution in [0.2, 0.25) is 0 Å². The van der Waals surface area contributed by atoms with Crippen LogP contribution in [0.3, 0.4) is 0 Å². The number of carbonyl (C=O) groups excluding carboxylic acids is 1. The molecule has 66 valence electrons. The van der Waals surface area contributed by atoms with E-state index in [4.69, 9.17) is 0 Å². The van der Waals surface area contributed by atoms with Gasteiger partial charge in [-0.25, -0.2) is 0 Å². The zero-order chi connectivity index (χ0) is 8.85. The van der Waals surface area contributed by atoms with Gasteiger partial charge in [0.05, 0.1) is 0 Å². The third-order valence-corrected chi connectivity index (χ3v) is 1.37. The molecular formula is C8H18N2O. The molecule has 3 heteroatoms. The molecule has 1 atom stereocenters. The van der Waals surface area contributed by atoms with Crippen molar-refractivity contribution >= 4 is 5.91 Å². The summed E-state index contributed by atoms with van der Waals surface area (Å²) in [5.41, 5.74) is 0. The highest BCUT2D eigenvalue weighted by Gasteiger charge is 2.04. The van der Waals surface area contributed by atoms with Crippen molar-refractivity contribution in [1.29, 1.82) is 0 Å². The second kappa shape index (κ2) is 5.13. The van der Waals surface area contributed by atoms with Gasteiger partial charge in [0.2, 0.25) is 5.91 Å². The first-order chi connectivity index (χ1) is 5.06. The van der Waals surface area contributed by atoms with Crippen LogP contribution in [0.1, 0.15) is 20.3 Å². The molecular weight excluding hydrogens is 140 g/mol. The van der Waals surface area contributed by atoms with Crippen LogP contribution < -0.4 is 5.32 Å². The molecule has 11 heavy (non-hydrogen) atoms. The number of nitrogens with one attached hydrogen (secondary N) is 1. The Morgan fingerprint density at radius 3 is 2.45 bits per heavy atom. The quantitative estimate of drug-likeness (QED) is 0.644. The molecule has 0 spiro atoms. The molecule has 0 unspecified atom stereocenters. The molecule has 0 aromatic heterocycles. The Bertz CT molecular complexity index is 123. The predicted octanol–water partition coefficient (Wildman–Crippen LogP) is 0.463. The number of amides is 1. The van der Waals surface area contributed by atoms with Crippen LogP contribution in [-0.4, -0.2) is 37.5 Å². The van der Waals surface area contributed by atoms with Gasteiger partial charge < -0.3 is 10.2 Å². The number of rotatable bonds is 4. The van der Waals surface area contributed by atoms with Crippen molar-refractivity contribution in [2.45, 2.75) is 26.3 Å². The molecule has 0 saturated carbocycles. The van der Waals surface area contributed by atoms with E-state index in [0.29, 0.717) is 6.42 Å². The maximum absolute atomic E-state index is 10.9. The van der Waals surface area contributed by atoms with Gasteiger partial charge in [0.15, 0.2) is 0 Å². The molecule has 0 saturated heterocycles. The SMILES string of the molecule is CCC(=O)N[C@@H](C)CN(C)C. The van der Waals surface area contributed by atoms with E-state index in [9.17, 15) is 4.79 Å². The van der Waals surface area contributed by atoms with Gasteiger partial charge in [-0.05, 0) is 21.0 Å². The van der Waals surface area contributed by atoms with Crippen LogP contribution in [0.15, 0.2) is 0 Å². The van der Waals surface area contributed by atoms with Crippen LogP contribution in [0.25, 0.3) is 0 Å². The highest BCUT2D eigenvalue weighted by molar-refractivity contribution is 5.75. The summed E-state index contributed by atoms with van der Waals surface area (Å²) in [6, 6.07) is 0.248. The van der Waals surface area contributed by atoms with Gasteiger partial charge in [-0.1, -0.05) is 6.92 Å². The van der Waals surface area contributed by atoms with Crippen LogP contribution in [0.4, 0.5) is 0 Å². The summed E-state index contributed by atoms with van der Waals surface area (Å²) in [5, 5.41) is 2.88. The fraction of sp³-hybridized carbons (Fsp3) is 0.875. The van der Waals surface area contributed by atoms with E-state index in [-0.39, 0.29) is 11.9 Å². The summed E-state index contributed by atoms with van der Waals surface area (Å²) in [5.74, 6) is 0.124. The van der Waals surface area contributed by atoms with E-state index in [2.05, 4.69) is 10.2 Å². The summed E-state index contributed by atoms with van der Waals surface area (Å²) in [4.78, 5) is 12.9. The van der Waals surface area contributed by atoms with Crippen molar-refractivity contribution < 1.29 is 4.79 Å². The molecule has 0 radical (unpaired) electrons. The van der Waals surface area contributed by atoms with Crippen molar-refractivity contribution in [1.82, 2.24) is 10.2 Å². The first kappa shape index (κ1) is 10.4. The largest absolute Gasteiger partial charge is 0.352 e. The van der Waals surface area contributed by atoms with Crippen LogP contribution in [-0.2, 0) is 4.79 Å². The van der Waals surface area contributed by atoms with Gasteiger partial charge in [0, 0.05) is 19.0 Å². The molecule has 3 nitrogen and oxygen atoms in total. The van der Waals surface area contributed by atoms with E-state index in [1.165, 1.54) is 0 Å². The number of nitrogens with zero attached hydrogens (tertiary/aromatic N) is 1. The number of hydrogen-bond donors (Lipinski definition) is 1. The lowest BCUT2D eigenvalue weighted by Crippen LogP contribution is -2.39. The van der Waals surface area contributed by atoms with Crippen molar-refractivity contribution in [3.8, 4) is 0 Å². The Labute approximate surface area is 68.8 Å². The molecule has 0 bridgehead atoms. The minimum Gasteiger partial charge on any atom is -0.352 e. The van der Waals surface area contributed by atoms with Gasteiger partial charge in [0.25, 0.3) is 0 Å². The van der Waals surface area contributed by atoms with Gasteiger partial charge >= 0.3 is 0 Å². The van der Waals surface area contributed by atoms with Crippen LogP contribution in [0, 0.1) is 0 Å². The topological polar surface area (TPSA) is 32.3 Å². The van der Waals surface area contributed by atoms with Gasteiger partial charge in [-0.15, -0.1) is 0 Å². The Kier molecular flexibility index (Phi) is 4.86. The second-order valence-corrected chi connectivity index (χ2v) is 3.08. The Morgan fingerprint density at radius 2 is 2.09 bits per heavy atom. The minimum atomic E-state index is 0.124. The third kappa shape index (κ3) is 5.85. The fourth-order valence-electron chi connectivity index (χ4n) is 0.970. The minimum absolute atomic E-state index is 0.124. The monoisotopic (exact) mass is 158 g/mol. The number of carbonyl (C=O) groups is 1. The molecule has 0 aliphatic heterocycles. The average Bonchev–Trinajstić information content (AvgIpc) is 1.85. The fourth-order valence-corrected chi connectivity index (χ4v) is 0.970. The summed E-state index contributed by atoms with van der Waals surface area (Å²) in [7, 11) is 3.99. The molecule has 0 rings (SSSR count). The summed E-state index contributed by atoms with van der Waals surface area (Å²) < 4.78 is 0. The molecule has 1 amide bonds. The second-order valence-electron chi connectivity index (χ2n) is 3.08. The summed E-state index contributed by atoms with van der Waals surface area (Å²) in [6.07, 6.45) is 0.567. The molecule has 0 fully saturated rings. The molecule has 0 heterocycles. The van der Waals surface area contributed by atoms with Crippen molar-refractivity contribution in [3.05, 3.63) is 0 Å². The van der Waals surface area contributed by atoms with Crippen LogP contribution in [0.5, 0.6) is 0 Å². The zero-order valence-corrected chi connectivity index (χ0v) is 7.85. The van der Waals surface area contributed by atoms with E-state index < -0.39 is 0 Å². The summed E-state index contributed by atoms with van der Waals surface area (Å²) >= 11 is 0. The highest BCUT2D eigenvalue weighted by Crippen LogP contribution is 1.86. The van der Waals surface area contributed by atoms with E-state index in [1.807, 2.05) is 27.9 Å². The Balaban J connectivity index is 3.51. The predicted molar refractivity (Wildman–Crippen MR) is 46.4 cm³/mol. The first-order valence-electron chi connectivity index (χ1n) is 4.00. The normalized spacial score (nSPS) is 13.2. The maximum Gasteiger partial charge on any atom is 0.219 e. The standard InChI is InChI=1S/C8H18N2O/c1-5-8(11)9-7(2)6-10(3)4/h7H,5-6H2,1-4H3,(H,9,11)/t7-/m0/s1. The molecule has 0 aromatic rings. The number of likely N-dealkylation sites (N-methyl/N-ethyl adjacent to an activating group) is 1. The van der Waals surface area contributed by atoms with Gasteiger partial charge in [-0.2, -0.15) is 0 Å². The Hall–Kier alpha value is -0.570. The lowest BCUT2D eigenvalue weighted by Gasteiger charge is -2.17. The van der Waals surface area contributed by atoms with Crippen LogP contribution >= 0.6 is 0 Å². The van der Waals surface area contributed by atoms with Crippen molar-refractivity contribution in [2.24, 2.45) is 0 Å². The lowest BCUT2D eigenvalue weighted by atomic mass is 10.3. The lowest BCUT2D eigenvalue weighted by molar-refractivity contribution is -0.121. The smallest absolute Gasteiger partial charge is 0.219 e. The maximum atomic E-state index is 10.9. The van der Waals surface area contributed by atoms with E-state index >= 15 is 0 Å². The summed E-state index contributed by atoms with van der Waals surface area (Å²) in [6.45, 7) is 4.76. The van der Waals surface area contributed by atoms with Gasteiger partial charge in [-0.3, -0.25) is 4.79 Å². The first-order valence-corrected chi connectivity index (χ1v) is 4.00. The Morgan fingerprint density at radius 1 is 1.55 bits per heavy atom. The number of hydrogen-bond acceptors (Lipinski definition) is 2. The molecule has 0 aromatic carbocycles. The molecule has 0 aliphatic rings. The van der Waals surface area contributed by atoms with E-state index in [0.717, 1.165) is 6.54 Å². The van der Waals surface area contributed by atoms with Crippen molar-refractivity contribution in [3.63, 3.8) is 0 Å². The molecule has 1 N–H and O–H groups in total.